The van der Waals surface area contributed by atoms with Crippen molar-refractivity contribution in [1.29, 1.82) is 0 Å². The second kappa shape index (κ2) is 7.79. The van der Waals surface area contributed by atoms with E-state index in [-0.39, 0.29) is 12.2 Å². The van der Waals surface area contributed by atoms with E-state index >= 15 is 0 Å². The van der Waals surface area contributed by atoms with Crippen molar-refractivity contribution in [1.82, 2.24) is 9.55 Å². The van der Waals surface area contributed by atoms with E-state index in [0.29, 0.717) is 12.3 Å². The van der Waals surface area contributed by atoms with Crippen LogP contribution >= 0.6 is 11.3 Å². The average Bonchev–Trinajstić information content (AvgIpc) is 3.30. The molecule has 0 radical (unpaired) electrons. The predicted molar refractivity (Wildman–Crippen MR) is 114 cm³/mol. The second-order valence-electron chi connectivity index (χ2n) is 7.30. The number of carboxylic acids is 1. The lowest BCUT2D eigenvalue weighted by atomic mass is 10.1. The number of carbonyl (C=O) groups is 1. The van der Waals surface area contributed by atoms with E-state index in [1.807, 2.05) is 24.3 Å². The molecule has 0 aliphatic rings. The van der Waals surface area contributed by atoms with Crippen LogP contribution in [-0.4, -0.2) is 20.6 Å². The topological polar surface area (TPSA) is 55.1 Å². The molecule has 0 fully saturated rings. The van der Waals surface area contributed by atoms with Crippen LogP contribution in [0.3, 0.4) is 0 Å². The minimum absolute atomic E-state index is 0.0488. The van der Waals surface area contributed by atoms with Crippen LogP contribution in [0.4, 0.5) is 4.39 Å². The lowest BCUT2D eigenvalue weighted by Crippen LogP contribution is -2.05. The summed E-state index contributed by atoms with van der Waals surface area (Å²) >= 11 is 1.68. The molecule has 0 aliphatic heterocycles. The zero-order chi connectivity index (χ0) is 20.5. The zero-order valence-corrected chi connectivity index (χ0v) is 17.0. The molecule has 1 N–H and O–H groups in total. The van der Waals surface area contributed by atoms with E-state index in [4.69, 9.17) is 10.1 Å². The number of aromatic nitrogens is 2. The molecule has 2 aromatic heterocycles. The molecular formula is C23H21FN2O2S. The van der Waals surface area contributed by atoms with Crippen LogP contribution in [0.1, 0.15) is 36.9 Å². The number of halogens is 1. The summed E-state index contributed by atoms with van der Waals surface area (Å²) in [5.41, 5.74) is 4.59. The van der Waals surface area contributed by atoms with Crippen molar-refractivity contribution in [3.05, 3.63) is 71.1 Å². The molecule has 4 aromatic rings. The Hall–Kier alpha value is -2.99. The highest BCUT2D eigenvalue weighted by molar-refractivity contribution is 7.18. The number of hydrogen-bond acceptors (Lipinski definition) is 3. The average molecular weight is 408 g/mol. The maximum atomic E-state index is 13.4. The molecule has 0 spiro atoms. The van der Waals surface area contributed by atoms with Crippen LogP contribution in [0.2, 0.25) is 0 Å². The van der Waals surface area contributed by atoms with Gasteiger partial charge in [-0.25, -0.2) is 9.37 Å². The molecule has 4 rings (SSSR count). The number of fused-ring (bicyclic) bond motifs is 1. The maximum Gasteiger partial charge on any atom is 0.303 e. The monoisotopic (exact) mass is 408 g/mol. The van der Waals surface area contributed by atoms with Gasteiger partial charge in [0.15, 0.2) is 0 Å². The van der Waals surface area contributed by atoms with Gasteiger partial charge in [-0.2, -0.15) is 0 Å². The van der Waals surface area contributed by atoms with Gasteiger partial charge in [-0.15, -0.1) is 11.3 Å². The Balaban J connectivity index is 1.85. The standard InChI is InChI=1S/C23H21FN2O2S/c1-14(2)23-25-19-10-7-18(13-21(19)29-23)26-17(9-12-22(27)28)8-11-20(26)15-3-5-16(24)6-4-15/h3-8,10-11,13-14H,9,12H2,1-2H3,(H,27,28). The highest BCUT2D eigenvalue weighted by atomic mass is 32.1. The lowest BCUT2D eigenvalue weighted by molar-refractivity contribution is -0.136. The summed E-state index contributed by atoms with van der Waals surface area (Å²) in [5, 5.41) is 10.2. The first kappa shape index (κ1) is 19.3. The summed E-state index contributed by atoms with van der Waals surface area (Å²) in [6.07, 6.45) is 0.460. The van der Waals surface area contributed by atoms with Crippen LogP contribution in [0, 0.1) is 5.82 Å². The van der Waals surface area contributed by atoms with Crippen LogP contribution in [0.5, 0.6) is 0 Å². The summed E-state index contributed by atoms with van der Waals surface area (Å²) in [5.74, 6) is -0.755. The Kier molecular flexibility index (Phi) is 5.20. The van der Waals surface area contributed by atoms with Crippen molar-refractivity contribution in [2.24, 2.45) is 0 Å². The molecule has 0 bridgehead atoms. The van der Waals surface area contributed by atoms with Crippen molar-refractivity contribution < 1.29 is 14.3 Å². The van der Waals surface area contributed by atoms with E-state index < -0.39 is 5.97 Å². The number of nitrogens with zero attached hydrogens (tertiary/aromatic N) is 2. The Morgan fingerprint density at radius 3 is 2.59 bits per heavy atom. The first-order valence-corrected chi connectivity index (χ1v) is 10.3. The number of hydrogen-bond donors (Lipinski definition) is 1. The summed E-state index contributed by atoms with van der Waals surface area (Å²) in [6, 6.07) is 16.4. The summed E-state index contributed by atoms with van der Waals surface area (Å²) < 4.78 is 16.6. The number of carboxylic acid groups (broad SMARTS) is 1. The van der Waals surface area contributed by atoms with Crippen LogP contribution in [0.25, 0.3) is 27.2 Å². The van der Waals surface area contributed by atoms with Gasteiger partial charge < -0.3 is 9.67 Å². The van der Waals surface area contributed by atoms with Crippen LogP contribution in [0.15, 0.2) is 54.6 Å². The van der Waals surface area contributed by atoms with Crippen molar-refractivity contribution in [3.63, 3.8) is 0 Å². The molecule has 2 aromatic carbocycles. The number of benzene rings is 2. The molecule has 29 heavy (non-hydrogen) atoms. The highest BCUT2D eigenvalue weighted by Gasteiger charge is 2.15. The van der Waals surface area contributed by atoms with Gasteiger partial charge in [-0.1, -0.05) is 13.8 Å². The Morgan fingerprint density at radius 1 is 1.14 bits per heavy atom. The summed E-state index contributed by atoms with van der Waals surface area (Å²) in [4.78, 5) is 15.8. The summed E-state index contributed by atoms with van der Waals surface area (Å²) in [7, 11) is 0. The molecule has 0 saturated heterocycles. The Bertz CT molecular complexity index is 1180. The summed E-state index contributed by atoms with van der Waals surface area (Å²) in [6.45, 7) is 4.25. The van der Waals surface area contributed by atoms with Gasteiger partial charge in [0.1, 0.15) is 5.82 Å². The minimum Gasteiger partial charge on any atom is -0.481 e. The van der Waals surface area contributed by atoms with E-state index in [1.54, 1.807) is 23.5 Å². The first-order valence-electron chi connectivity index (χ1n) is 9.51. The molecular weight excluding hydrogens is 387 g/mol. The molecule has 0 saturated carbocycles. The predicted octanol–water partition coefficient (Wildman–Crippen LogP) is 6.03. The van der Waals surface area contributed by atoms with Crippen molar-refractivity contribution in [3.8, 4) is 16.9 Å². The molecule has 0 amide bonds. The molecule has 2 heterocycles. The molecule has 0 unspecified atom stereocenters. The Labute approximate surface area is 172 Å². The first-order chi connectivity index (χ1) is 13.9. The fourth-order valence-electron chi connectivity index (χ4n) is 3.38. The molecule has 0 aliphatic carbocycles. The normalized spacial score (nSPS) is 11.4. The van der Waals surface area contributed by atoms with E-state index in [9.17, 15) is 9.18 Å². The molecule has 6 heteroatoms. The van der Waals surface area contributed by atoms with Gasteiger partial charge in [0, 0.05) is 17.3 Å². The van der Waals surface area contributed by atoms with Crippen LogP contribution < -0.4 is 0 Å². The lowest BCUT2D eigenvalue weighted by Gasteiger charge is -2.14. The van der Waals surface area contributed by atoms with Crippen molar-refractivity contribution in [2.45, 2.75) is 32.6 Å². The molecule has 148 valence electrons. The number of thiazole rings is 1. The fraction of sp³-hybridized carbons (Fsp3) is 0.217. The second-order valence-corrected chi connectivity index (χ2v) is 8.37. The third kappa shape index (κ3) is 3.93. The van der Waals surface area contributed by atoms with Crippen molar-refractivity contribution >= 4 is 27.5 Å². The third-order valence-electron chi connectivity index (χ3n) is 4.84. The van der Waals surface area contributed by atoms with E-state index in [1.165, 1.54) is 12.1 Å². The Morgan fingerprint density at radius 2 is 1.90 bits per heavy atom. The van der Waals surface area contributed by atoms with E-state index in [0.717, 1.165) is 37.9 Å². The van der Waals surface area contributed by atoms with Gasteiger partial charge in [-0.3, -0.25) is 4.79 Å². The smallest absolute Gasteiger partial charge is 0.303 e. The van der Waals surface area contributed by atoms with Crippen LogP contribution in [-0.2, 0) is 11.2 Å². The molecule has 4 nitrogen and oxygen atoms in total. The number of rotatable bonds is 6. The third-order valence-corrected chi connectivity index (χ3v) is 6.16. The van der Waals surface area contributed by atoms with Gasteiger partial charge >= 0.3 is 5.97 Å². The SMILES string of the molecule is CC(C)c1nc2ccc(-n3c(CCC(=O)O)ccc3-c3ccc(F)cc3)cc2s1. The number of aryl methyl sites for hydroxylation is 1. The number of aliphatic carboxylic acids is 1. The largest absolute Gasteiger partial charge is 0.481 e. The van der Waals surface area contributed by atoms with Gasteiger partial charge in [-0.05, 0) is 66.6 Å². The quantitative estimate of drug-likeness (QED) is 0.423. The minimum atomic E-state index is -0.833. The van der Waals surface area contributed by atoms with Gasteiger partial charge in [0.05, 0.1) is 27.3 Å². The fourth-order valence-corrected chi connectivity index (χ4v) is 4.38. The maximum absolute atomic E-state index is 13.4. The van der Waals surface area contributed by atoms with Gasteiger partial charge in [0.25, 0.3) is 0 Å². The van der Waals surface area contributed by atoms with Crippen molar-refractivity contribution in [2.75, 3.05) is 0 Å². The zero-order valence-electron chi connectivity index (χ0n) is 16.2. The van der Waals surface area contributed by atoms with E-state index in [2.05, 4.69) is 24.5 Å². The van der Waals surface area contributed by atoms with Gasteiger partial charge in [0.2, 0.25) is 0 Å². The molecule has 0 atom stereocenters. The highest BCUT2D eigenvalue weighted by Crippen LogP contribution is 2.32.